The van der Waals surface area contributed by atoms with Crippen LogP contribution in [0.15, 0.2) is 29.2 Å². The van der Waals surface area contributed by atoms with Gasteiger partial charge in [-0.05, 0) is 30.0 Å². The summed E-state index contributed by atoms with van der Waals surface area (Å²) in [5, 5.41) is 0.00222. The van der Waals surface area contributed by atoms with Gasteiger partial charge in [0.25, 0.3) is 0 Å². The molecule has 1 aromatic rings. The van der Waals surface area contributed by atoms with E-state index >= 15 is 0 Å². The quantitative estimate of drug-likeness (QED) is 0.839. The first-order chi connectivity index (χ1) is 8.50. The molecule has 2 rings (SSSR count). The summed E-state index contributed by atoms with van der Waals surface area (Å²) in [5.41, 5.74) is 1.26. The molecule has 0 aromatic heterocycles. The second-order valence-electron chi connectivity index (χ2n) is 5.35. The molecular formula is C15H20O2S. The van der Waals surface area contributed by atoms with Gasteiger partial charge in [-0.2, -0.15) is 0 Å². The molecular weight excluding hydrogens is 244 g/mol. The number of carbonyl (C=O) groups excluding carboxylic acids is 1. The molecule has 3 atom stereocenters. The lowest BCUT2D eigenvalue weighted by molar-refractivity contribution is -0.120. The lowest BCUT2D eigenvalue weighted by Gasteiger charge is -2.14. The van der Waals surface area contributed by atoms with Crippen LogP contribution < -0.4 is 0 Å². The Kier molecular flexibility index (Phi) is 4.00. The zero-order chi connectivity index (χ0) is 13.3. The Bertz CT molecular complexity index is 462. The molecule has 0 heterocycles. The number of carbonyl (C=O) groups is 1. The minimum absolute atomic E-state index is 0.00222. The van der Waals surface area contributed by atoms with Crippen LogP contribution >= 0.6 is 0 Å². The van der Waals surface area contributed by atoms with Crippen LogP contribution in [0.5, 0.6) is 0 Å². The van der Waals surface area contributed by atoms with Gasteiger partial charge < -0.3 is 0 Å². The van der Waals surface area contributed by atoms with Gasteiger partial charge in [-0.25, -0.2) is 0 Å². The Hall–Kier alpha value is -0.960. The molecule has 18 heavy (non-hydrogen) atoms. The Morgan fingerprint density at radius 3 is 2.28 bits per heavy atom. The van der Waals surface area contributed by atoms with Crippen LogP contribution in [0.1, 0.15) is 45.1 Å². The van der Waals surface area contributed by atoms with Crippen LogP contribution in [-0.4, -0.2) is 15.2 Å². The third-order valence-corrected chi connectivity index (χ3v) is 5.73. The van der Waals surface area contributed by atoms with Gasteiger partial charge in [0, 0.05) is 22.5 Å². The highest BCUT2D eigenvalue weighted by molar-refractivity contribution is 7.85. The van der Waals surface area contributed by atoms with E-state index in [-0.39, 0.29) is 17.0 Å². The maximum absolute atomic E-state index is 12.4. The normalized spacial score (nSPS) is 25.7. The van der Waals surface area contributed by atoms with Crippen molar-refractivity contribution in [3.8, 4) is 0 Å². The fourth-order valence-electron chi connectivity index (χ4n) is 2.42. The molecule has 0 aliphatic heterocycles. The second kappa shape index (κ2) is 5.35. The highest BCUT2D eigenvalue weighted by Gasteiger charge is 2.35. The second-order valence-corrected chi connectivity index (χ2v) is 7.02. The Balaban J connectivity index is 2.16. The summed E-state index contributed by atoms with van der Waals surface area (Å²) in [6.07, 6.45) is 1.35. The first-order valence-electron chi connectivity index (χ1n) is 6.54. The van der Waals surface area contributed by atoms with E-state index in [1.165, 1.54) is 5.56 Å². The zero-order valence-electron chi connectivity index (χ0n) is 11.2. The average molecular weight is 264 g/mol. The minimum Gasteiger partial charge on any atom is -0.299 e. The largest absolute Gasteiger partial charge is 0.299 e. The molecule has 1 saturated carbocycles. The SMILES string of the molecule is CC(C)c1ccc(S(=O)C2CCC(=O)C2C)cc1. The number of Topliss-reactive ketones (excluding diaryl/α,β-unsaturated/α-hetero) is 1. The lowest BCUT2D eigenvalue weighted by atomic mass is 10.0. The maximum atomic E-state index is 12.4. The van der Waals surface area contributed by atoms with Gasteiger partial charge in [0.1, 0.15) is 5.78 Å². The van der Waals surface area contributed by atoms with Gasteiger partial charge in [-0.3, -0.25) is 9.00 Å². The molecule has 0 spiro atoms. The van der Waals surface area contributed by atoms with Crippen molar-refractivity contribution in [2.75, 3.05) is 0 Å². The predicted octanol–water partition coefficient (Wildman–Crippen LogP) is 3.29. The molecule has 1 aromatic carbocycles. The van der Waals surface area contributed by atoms with Crippen LogP contribution in [0.2, 0.25) is 0 Å². The van der Waals surface area contributed by atoms with Crippen LogP contribution in [0.3, 0.4) is 0 Å². The lowest BCUT2D eigenvalue weighted by Crippen LogP contribution is -2.21. The molecule has 1 fully saturated rings. The predicted molar refractivity (Wildman–Crippen MR) is 74.1 cm³/mol. The van der Waals surface area contributed by atoms with Crippen molar-refractivity contribution < 1.29 is 9.00 Å². The standard InChI is InChI=1S/C15H20O2S/c1-10(2)12-4-6-13(7-5-12)18(17)15-9-8-14(16)11(15)3/h4-7,10-11,15H,8-9H2,1-3H3. The first-order valence-corrected chi connectivity index (χ1v) is 7.75. The van der Waals surface area contributed by atoms with E-state index in [0.717, 1.165) is 11.3 Å². The van der Waals surface area contributed by atoms with E-state index < -0.39 is 10.8 Å². The van der Waals surface area contributed by atoms with Crippen molar-refractivity contribution in [3.05, 3.63) is 29.8 Å². The minimum atomic E-state index is -1.05. The van der Waals surface area contributed by atoms with E-state index in [4.69, 9.17) is 0 Å². The van der Waals surface area contributed by atoms with Crippen molar-refractivity contribution in [1.82, 2.24) is 0 Å². The molecule has 2 nitrogen and oxygen atoms in total. The number of benzene rings is 1. The van der Waals surface area contributed by atoms with E-state index in [2.05, 4.69) is 13.8 Å². The summed E-state index contributed by atoms with van der Waals surface area (Å²) in [6, 6.07) is 7.97. The highest BCUT2D eigenvalue weighted by atomic mass is 32.2. The van der Waals surface area contributed by atoms with Gasteiger partial charge in [-0.1, -0.05) is 32.9 Å². The monoisotopic (exact) mass is 264 g/mol. The zero-order valence-corrected chi connectivity index (χ0v) is 12.0. The Morgan fingerprint density at radius 1 is 1.22 bits per heavy atom. The Morgan fingerprint density at radius 2 is 1.83 bits per heavy atom. The van der Waals surface area contributed by atoms with Gasteiger partial charge in [-0.15, -0.1) is 0 Å². The van der Waals surface area contributed by atoms with Crippen molar-refractivity contribution in [1.29, 1.82) is 0 Å². The van der Waals surface area contributed by atoms with Crippen LogP contribution in [0.25, 0.3) is 0 Å². The van der Waals surface area contributed by atoms with E-state index in [0.29, 0.717) is 12.3 Å². The molecule has 0 saturated heterocycles. The number of hydrogen-bond acceptors (Lipinski definition) is 2. The van der Waals surface area contributed by atoms with Gasteiger partial charge in [0.15, 0.2) is 0 Å². The van der Waals surface area contributed by atoms with Gasteiger partial charge in [0.2, 0.25) is 0 Å². The highest BCUT2D eigenvalue weighted by Crippen LogP contribution is 2.30. The van der Waals surface area contributed by atoms with E-state index in [1.54, 1.807) is 0 Å². The van der Waals surface area contributed by atoms with E-state index in [9.17, 15) is 9.00 Å². The first kappa shape index (κ1) is 13.5. The molecule has 0 bridgehead atoms. The molecule has 1 aliphatic carbocycles. The molecule has 0 N–H and O–H groups in total. The third kappa shape index (κ3) is 2.56. The van der Waals surface area contributed by atoms with Crippen molar-refractivity contribution >= 4 is 16.6 Å². The van der Waals surface area contributed by atoms with Gasteiger partial charge in [0.05, 0.1) is 10.8 Å². The summed E-state index contributed by atoms with van der Waals surface area (Å²) in [4.78, 5) is 12.4. The fraction of sp³-hybridized carbons (Fsp3) is 0.533. The number of rotatable bonds is 3. The molecule has 3 heteroatoms. The summed E-state index contributed by atoms with van der Waals surface area (Å²) in [7, 11) is -1.05. The number of ketones is 1. The molecule has 0 amide bonds. The van der Waals surface area contributed by atoms with Crippen molar-refractivity contribution in [2.24, 2.45) is 5.92 Å². The molecule has 98 valence electrons. The van der Waals surface area contributed by atoms with Crippen LogP contribution in [0, 0.1) is 5.92 Å². The molecule has 1 aliphatic rings. The molecule has 3 unspecified atom stereocenters. The van der Waals surface area contributed by atoms with Crippen molar-refractivity contribution in [2.45, 2.75) is 49.7 Å². The van der Waals surface area contributed by atoms with E-state index in [1.807, 2.05) is 31.2 Å². The summed E-state index contributed by atoms with van der Waals surface area (Å²) in [5.74, 6) is 0.683. The smallest absolute Gasteiger partial charge is 0.136 e. The van der Waals surface area contributed by atoms with Crippen LogP contribution in [0.4, 0.5) is 0 Å². The summed E-state index contributed by atoms with van der Waals surface area (Å²) in [6.45, 7) is 6.19. The maximum Gasteiger partial charge on any atom is 0.136 e. The third-order valence-electron chi connectivity index (χ3n) is 3.79. The fourth-order valence-corrected chi connectivity index (χ4v) is 4.03. The molecule has 0 radical (unpaired) electrons. The summed E-state index contributed by atoms with van der Waals surface area (Å²) < 4.78 is 12.4. The Labute approximate surface area is 111 Å². The number of hydrogen-bond donors (Lipinski definition) is 0. The topological polar surface area (TPSA) is 34.1 Å². The van der Waals surface area contributed by atoms with Crippen molar-refractivity contribution in [3.63, 3.8) is 0 Å². The van der Waals surface area contributed by atoms with Crippen LogP contribution in [-0.2, 0) is 15.6 Å². The average Bonchev–Trinajstić information content (AvgIpc) is 2.69. The summed E-state index contributed by atoms with van der Waals surface area (Å²) >= 11 is 0. The van der Waals surface area contributed by atoms with Gasteiger partial charge >= 0.3 is 0 Å².